The number of hydrogen-bond donors (Lipinski definition) is 1. The van der Waals surface area contributed by atoms with Crippen molar-refractivity contribution in [3.8, 4) is 0 Å². The molecule has 1 nitrogen and oxygen atoms in total. The Morgan fingerprint density at radius 2 is 1.95 bits per heavy atom. The molecule has 1 aromatic heterocycles. The Hall–Kier alpha value is -0.640. The van der Waals surface area contributed by atoms with Crippen molar-refractivity contribution in [1.29, 1.82) is 0 Å². The van der Waals surface area contributed by atoms with Gasteiger partial charge in [0.2, 0.25) is 0 Å². The lowest BCUT2D eigenvalue weighted by Crippen LogP contribution is -2.18. The monoisotopic (exact) mass is 351 g/mol. The average molecular weight is 352 g/mol. The second-order valence-electron chi connectivity index (χ2n) is 5.07. The van der Waals surface area contributed by atoms with Gasteiger partial charge >= 0.3 is 0 Å². The van der Waals surface area contributed by atoms with Crippen LogP contribution in [0.15, 0.2) is 28.1 Å². The maximum atomic E-state index is 3.64. The highest BCUT2D eigenvalue weighted by molar-refractivity contribution is 9.11. The molecular weight excluding hydrogens is 330 g/mol. The predicted octanol–water partition coefficient (Wildman–Crippen LogP) is 5.25. The second kappa shape index (κ2) is 6.88. The van der Waals surface area contributed by atoms with Gasteiger partial charge in [0.25, 0.3) is 0 Å². The normalized spacial score (nSPS) is 12.7. The van der Waals surface area contributed by atoms with Gasteiger partial charge in [-0.15, -0.1) is 11.3 Å². The van der Waals surface area contributed by atoms with E-state index in [4.69, 9.17) is 0 Å². The molecule has 0 fully saturated rings. The molecule has 20 heavy (non-hydrogen) atoms. The molecule has 108 valence electrons. The largest absolute Gasteiger partial charge is 0.309 e. The Balaban J connectivity index is 2.50. The molecule has 1 heterocycles. The quantitative estimate of drug-likeness (QED) is 0.775. The maximum absolute atomic E-state index is 3.64. The summed E-state index contributed by atoms with van der Waals surface area (Å²) in [5, 5.41) is 3.49. The third kappa shape index (κ3) is 3.16. The van der Waals surface area contributed by atoms with Crippen LogP contribution in [0.25, 0.3) is 0 Å². The molecule has 1 unspecified atom stereocenters. The second-order valence-corrected chi connectivity index (χ2v) is 7.47. The van der Waals surface area contributed by atoms with Crippen molar-refractivity contribution in [2.75, 3.05) is 7.05 Å². The van der Waals surface area contributed by atoms with Gasteiger partial charge in [0, 0.05) is 4.88 Å². The molecule has 3 heteroatoms. The van der Waals surface area contributed by atoms with Gasteiger partial charge in [-0.25, -0.2) is 0 Å². The molecule has 2 rings (SSSR count). The molecule has 0 saturated carbocycles. The minimum Gasteiger partial charge on any atom is -0.309 e. The summed E-state index contributed by atoms with van der Waals surface area (Å²) in [4.78, 5) is 1.37. The van der Waals surface area contributed by atoms with E-state index in [1.54, 1.807) is 0 Å². The van der Waals surface area contributed by atoms with Crippen LogP contribution in [-0.4, -0.2) is 7.05 Å². The Morgan fingerprint density at radius 1 is 1.20 bits per heavy atom. The fraction of sp³-hybridized carbons (Fsp3) is 0.412. The highest BCUT2D eigenvalue weighted by atomic mass is 79.9. The van der Waals surface area contributed by atoms with Crippen LogP contribution in [0, 0.1) is 6.92 Å². The van der Waals surface area contributed by atoms with Crippen molar-refractivity contribution < 1.29 is 0 Å². The van der Waals surface area contributed by atoms with Crippen molar-refractivity contribution in [2.24, 2.45) is 0 Å². The van der Waals surface area contributed by atoms with Crippen molar-refractivity contribution >= 4 is 27.3 Å². The van der Waals surface area contributed by atoms with E-state index in [-0.39, 0.29) is 6.04 Å². The molecule has 0 amide bonds. The molecule has 0 spiro atoms. The van der Waals surface area contributed by atoms with E-state index in [9.17, 15) is 0 Å². The lowest BCUT2D eigenvalue weighted by molar-refractivity contribution is 0.694. The molecule has 0 saturated heterocycles. The number of thiophene rings is 1. The lowest BCUT2D eigenvalue weighted by atomic mass is 9.94. The number of aryl methyl sites for hydroxylation is 3. The number of halogens is 1. The summed E-state index contributed by atoms with van der Waals surface area (Å²) in [5.41, 5.74) is 5.58. The minimum atomic E-state index is 0.284. The van der Waals surface area contributed by atoms with E-state index in [1.165, 1.54) is 30.9 Å². The van der Waals surface area contributed by atoms with E-state index in [2.05, 4.69) is 66.3 Å². The van der Waals surface area contributed by atoms with Gasteiger partial charge < -0.3 is 5.32 Å². The number of benzene rings is 1. The van der Waals surface area contributed by atoms with Gasteiger partial charge in [0.05, 0.1) is 9.83 Å². The number of hydrogen-bond acceptors (Lipinski definition) is 2. The SMILES string of the molecule is CCc1ccc(CC)c(C(NC)c2cc(C)c(Br)s2)c1. The summed E-state index contributed by atoms with van der Waals surface area (Å²) in [6.07, 6.45) is 2.16. The van der Waals surface area contributed by atoms with Crippen molar-refractivity contribution in [3.05, 3.63) is 55.2 Å². The fourth-order valence-electron chi connectivity index (χ4n) is 2.53. The first-order valence-electron chi connectivity index (χ1n) is 7.15. The highest BCUT2D eigenvalue weighted by Gasteiger charge is 2.18. The zero-order valence-corrected chi connectivity index (χ0v) is 15.0. The third-order valence-electron chi connectivity index (χ3n) is 3.76. The lowest BCUT2D eigenvalue weighted by Gasteiger charge is -2.19. The Bertz CT molecular complexity index is 569. The van der Waals surface area contributed by atoms with Crippen LogP contribution in [0.4, 0.5) is 0 Å². The summed E-state index contributed by atoms with van der Waals surface area (Å²) in [6, 6.07) is 9.47. The van der Waals surface area contributed by atoms with Crippen LogP contribution in [0.2, 0.25) is 0 Å². The zero-order valence-electron chi connectivity index (χ0n) is 12.6. The Labute approximate surface area is 134 Å². The van der Waals surface area contributed by atoms with Crippen molar-refractivity contribution in [1.82, 2.24) is 5.32 Å². The number of nitrogens with one attached hydrogen (secondary N) is 1. The Morgan fingerprint density at radius 3 is 2.45 bits per heavy atom. The molecule has 1 N–H and O–H groups in total. The van der Waals surface area contributed by atoms with Crippen LogP contribution in [-0.2, 0) is 12.8 Å². The van der Waals surface area contributed by atoms with Crippen LogP contribution >= 0.6 is 27.3 Å². The summed E-state index contributed by atoms with van der Waals surface area (Å²) in [6.45, 7) is 6.59. The van der Waals surface area contributed by atoms with Crippen molar-refractivity contribution in [3.63, 3.8) is 0 Å². The summed E-state index contributed by atoms with van der Waals surface area (Å²) in [7, 11) is 2.05. The van der Waals surface area contributed by atoms with Gasteiger partial charge in [-0.1, -0.05) is 32.0 Å². The number of rotatable bonds is 5. The smallest absolute Gasteiger partial charge is 0.0731 e. The first kappa shape index (κ1) is 15.7. The first-order valence-corrected chi connectivity index (χ1v) is 8.76. The van der Waals surface area contributed by atoms with E-state index >= 15 is 0 Å². The van der Waals surface area contributed by atoms with Crippen LogP contribution in [0.1, 0.15) is 47.0 Å². The van der Waals surface area contributed by atoms with Gasteiger partial charge in [0.15, 0.2) is 0 Å². The molecule has 0 aliphatic heterocycles. The highest BCUT2D eigenvalue weighted by Crippen LogP contribution is 2.35. The molecular formula is C17H22BrNS. The van der Waals surface area contributed by atoms with E-state index in [0.29, 0.717) is 0 Å². The van der Waals surface area contributed by atoms with Gasteiger partial charge in [-0.2, -0.15) is 0 Å². The van der Waals surface area contributed by atoms with Crippen molar-refractivity contribution in [2.45, 2.75) is 39.7 Å². The van der Waals surface area contributed by atoms with E-state index in [1.807, 2.05) is 18.4 Å². The van der Waals surface area contributed by atoms with E-state index in [0.717, 1.165) is 12.8 Å². The fourth-order valence-corrected chi connectivity index (χ4v) is 4.23. The maximum Gasteiger partial charge on any atom is 0.0731 e. The van der Waals surface area contributed by atoms with Gasteiger partial charge in [-0.3, -0.25) is 0 Å². The zero-order chi connectivity index (χ0) is 14.7. The third-order valence-corrected chi connectivity index (χ3v) is 5.96. The van der Waals surface area contributed by atoms with Crippen LogP contribution in [0.3, 0.4) is 0 Å². The minimum absolute atomic E-state index is 0.284. The molecule has 0 radical (unpaired) electrons. The molecule has 1 atom stereocenters. The molecule has 0 aliphatic carbocycles. The van der Waals surface area contributed by atoms with E-state index < -0.39 is 0 Å². The van der Waals surface area contributed by atoms with Gasteiger partial charge in [0.1, 0.15) is 0 Å². The Kier molecular flexibility index (Phi) is 5.42. The molecule has 0 bridgehead atoms. The van der Waals surface area contributed by atoms with Gasteiger partial charge in [-0.05, 0) is 71.1 Å². The van der Waals surface area contributed by atoms with Crippen LogP contribution < -0.4 is 5.32 Å². The topological polar surface area (TPSA) is 12.0 Å². The predicted molar refractivity (Wildman–Crippen MR) is 92.9 cm³/mol. The first-order chi connectivity index (χ1) is 9.60. The molecule has 2 aromatic rings. The standard InChI is InChI=1S/C17H22BrNS/c1-5-12-7-8-13(6-2)14(10-12)16(19-4)15-9-11(3)17(18)20-15/h7-10,16,19H,5-6H2,1-4H3. The summed E-state index contributed by atoms with van der Waals surface area (Å²) in [5.74, 6) is 0. The summed E-state index contributed by atoms with van der Waals surface area (Å²) >= 11 is 5.47. The molecule has 1 aromatic carbocycles. The van der Waals surface area contributed by atoms with Crippen LogP contribution in [0.5, 0.6) is 0 Å². The summed E-state index contributed by atoms with van der Waals surface area (Å²) < 4.78 is 1.23. The molecule has 0 aliphatic rings. The average Bonchev–Trinajstić information content (AvgIpc) is 2.79.